The zero-order valence-electron chi connectivity index (χ0n) is 13.8. The molecule has 22 heavy (non-hydrogen) atoms. The maximum Gasteiger partial charge on any atom is 0.229 e. The monoisotopic (exact) mass is 302 g/mol. The molecular formula is C18H26N2O2. The number of hydrogen-bond acceptors (Lipinski definition) is 3. The SMILES string of the molecule is COc1ccccc1[C@H]1CN(C(C)C)C(=O)C12CCNCC2. The second kappa shape index (κ2) is 5.92. The van der Waals surface area contributed by atoms with Crippen LogP contribution in [-0.4, -0.2) is 43.6 Å². The van der Waals surface area contributed by atoms with Crippen LogP contribution in [-0.2, 0) is 4.79 Å². The smallest absolute Gasteiger partial charge is 0.229 e. The summed E-state index contributed by atoms with van der Waals surface area (Å²) in [7, 11) is 1.71. The van der Waals surface area contributed by atoms with E-state index in [0.29, 0.717) is 5.91 Å². The van der Waals surface area contributed by atoms with E-state index in [1.165, 1.54) is 5.56 Å². The summed E-state index contributed by atoms with van der Waals surface area (Å²) in [5, 5.41) is 3.40. The van der Waals surface area contributed by atoms with Crippen LogP contribution < -0.4 is 10.1 Å². The van der Waals surface area contributed by atoms with Gasteiger partial charge in [0.25, 0.3) is 0 Å². The second-order valence-electron chi connectivity index (χ2n) is 6.75. The predicted octanol–water partition coefficient (Wildman–Crippen LogP) is 2.40. The number of rotatable bonds is 3. The number of amides is 1. The topological polar surface area (TPSA) is 41.6 Å². The van der Waals surface area contributed by atoms with Gasteiger partial charge in [-0.2, -0.15) is 0 Å². The van der Waals surface area contributed by atoms with Crippen LogP contribution in [0, 0.1) is 5.41 Å². The van der Waals surface area contributed by atoms with Crippen molar-refractivity contribution in [3.63, 3.8) is 0 Å². The molecule has 4 heteroatoms. The van der Waals surface area contributed by atoms with Gasteiger partial charge in [-0.1, -0.05) is 18.2 Å². The summed E-state index contributed by atoms with van der Waals surface area (Å²) < 4.78 is 5.58. The molecule has 4 nitrogen and oxygen atoms in total. The third-order valence-corrected chi connectivity index (χ3v) is 5.37. The van der Waals surface area contributed by atoms with E-state index in [9.17, 15) is 4.79 Å². The molecule has 2 saturated heterocycles. The van der Waals surface area contributed by atoms with Crippen LogP contribution in [0.4, 0.5) is 0 Å². The van der Waals surface area contributed by atoms with Crippen molar-refractivity contribution in [2.45, 2.75) is 38.6 Å². The van der Waals surface area contributed by atoms with E-state index in [1.54, 1.807) is 7.11 Å². The molecule has 120 valence electrons. The van der Waals surface area contributed by atoms with Crippen LogP contribution in [0.3, 0.4) is 0 Å². The first-order chi connectivity index (χ1) is 10.6. The highest BCUT2D eigenvalue weighted by molar-refractivity contribution is 5.87. The molecule has 1 spiro atoms. The van der Waals surface area contributed by atoms with Crippen LogP contribution in [0.5, 0.6) is 5.75 Å². The molecule has 2 fully saturated rings. The van der Waals surface area contributed by atoms with Crippen molar-refractivity contribution < 1.29 is 9.53 Å². The summed E-state index contributed by atoms with van der Waals surface area (Å²) in [6.45, 7) is 6.86. The van der Waals surface area contributed by atoms with Crippen molar-refractivity contribution in [2.75, 3.05) is 26.7 Å². The van der Waals surface area contributed by atoms with Gasteiger partial charge >= 0.3 is 0 Å². The van der Waals surface area contributed by atoms with Crippen LogP contribution in [0.1, 0.15) is 38.2 Å². The molecule has 0 saturated carbocycles. The summed E-state index contributed by atoms with van der Waals surface area (Å²) in [4.78, 5) is 15.2. The lowest BCUT2D eigenvalue weighted by Gasteiger charge is -2.37. The molecular weight excluding hydrogens is 276 g/mol. The van der Waals surface area contributed by atoms with Crippen molar-refractivity contribution in [1.82, 2.24) is 10.2 Å². The Balaban J connectivity index is 2.05. The molecule has 0 radical (unpaired) electrons. The standard InChI is InChI=1S/C18H26N2O2/c1-13(2)20-12-15(14-6-4-5-7-16(14)22-3)18(17(20)21)8-10-19-11-9-18/h4-7,13,15,19H,8-12H2,1-3H3/t15-/m1/s1. The van der Waals surface area contributed by atoms with E-state index in [1.807, 2.05) is 12.1 Å². The average Bonchev–Trinajstić information content (AvgIpc) is 2.81. The average molecular weight is 302 g/mol. The van der Waals surface area contributed by atoms with Gasteiger partial charge in [-0.3, -0.25) is 4.79 Å². The fourth-order valence-electron chi connectivity index (χ4n) is 4.12. The first-order valence-electron chi connectivity index (χ1n) is 8.25. The largest absolute Gasteiger partial charge is 0.496 e. The van der Waals surface area contributed by atoms with E-state index in [-0.39, 0.29) is 17.4 Å². The third kappa shape index (κ3) is 2.30. The minimum absolute atomic E-state index is 0.223. The fourth-order valence-corrected chi connectivity index (χ4v) is 4.12. The molecule has 0 aromatic heterocycles. The van der Waals surface area contributed by atoms with Gasteiger partial charge in [0, 0.05) is 24.1 Å². The molecule has 1 aromatic carbocycles. The summed E-state index contributed by atoms with van der Waals surface area (Å²) in [5.74, 6) is 1.46. The first kappa shape index (κ1) is 15.3. The Kier molecular flexibility index (Phi) is 4.13. The Hall–Kier alpha value is -1.55. The lowest BCUT2D eigenvalue weighted by atomic mass is 9.68. The number of methoxy groups -OCH3 is 1. The highest BCUT2D eigenvalue weighted by atomic mass is 16.5. The zero-order valence-corrected chi connectivity index (χ0v) is 13.8. The minimum Gasteiger partial charge on any atom is -0.496 e. The molecule has 3 rings (SSSR count). The first-order valence-corrected chi connectivity index (χ1v) is 8.25. The van der Waals surface area contributed by atoms with Crippen LogP contribution in [0.15, 0.2) is 24.3 Å². The van der Waals surface area contributed by atoms with Gasteiger partial charge in [0.2, 0.25) is 5.91 Å². The van der Waals surface area contributed by atoms with Gasteiger partial charge in [-0.15, -0.1) is 0 Å². The molecule has 1 aromatic rings. The van der Waals surface area contributed by atoms with E-state index in [0.717, 1.165) is 38.2 Å². The fraction of sp³-hybridized carbons (Fsp3) is 0.611. The summed E-state index contributed by atoms with van der Waals surface area (Å²) in [5.41, 5.74) is 0.924. The van der Waals surface area contributed by atoms with E-state index < -0.39 is 0 Å². The van der Waals surface area contributed by atoms with Gasteiger partial charge in [0.05, 0.1) is 12.5 Å². The lowest BCUT2D eigenvalue weighted by Crippen LogP contribution is -2.45. The van der Waals surface area contributed by atoms with Gasteiger partial charge in [-0.25, -0.2) is 0 Å². The Morgan fingerprint density at radius 3 is 2.59 bits per heavy atom. The molecule has 1 atom stereocenters. The summed E-state index contributed by atoms with van der Waals surface area (Å²) in [6, 6.07) is 8.43. The number of nitrogens with zero attached hydrogens (tertiary/aromatic N) is 1. The molecule has 0 aliphatic carbocycles. The highest BCUT2D eigenvalue weighted by Gasteiger charge is 2.55. The molecule has 0 bridgehead atoms. The quantitative estimate of drug-likeness (QED) is 0.932. The van der Waals surface area contributed by atoms with Crippen LogP contribution in [0.2, 0.25) is 0 Å². The number of benzene rings is 1. The predicted molar refractivity (Wildman–Crippen MR) is 87.1 cm³/mol. The molecule has 2 aliphatic heterocycles. The third-order valence-electron chi connectivity index (χ3n) is 5.37. The Bertz CT molecular complexity index is 550. The van der Waals surface area contributed by atoms with E-state index in [2.05, 4.69) is 36.2 Å². The molecule has 2 aliphatic rings. The Morgan fingerprint density at radius 2 is 1.95 bits per heavy atom. The number of ether oxygens (including phenoxy) is 1. The number of piperidine rings is 1. The molecule has 0 unspecified atom stereocenters. The number of carbonyl (C=O) groups excluding carboxylic acids is 1. The van der Waals surface area contributed by atoms with Crippen molar-refractivity contribution >= 4 is 5.91 Å². The van der Waals surface area contributed by atoms with Crippen molar-refractivity contribution in [3.05, 3.63) is 29.8 Å². The van der Waals surface area contributed by atoms with Gasteiger partial charge in [0.1, 0.15) is 5.75 Å². The number of likely N-dealkylation sites (tertiary alicyclic amines) is 1. The minimum atomic E-state index is -0.260. The van der Waals surface area contributed by atoms with Crippen molar-refractivity contribution in [1.29, 1.82) is 0 Å². The van der Waals surface area contributed by atoms with E-state index >= 15 is 0 Å². The summed E-state index contributed by atoms with van der Waals surface area (Å²) >= 11 is 0. The molecule has 2 heterocycles. The van der Waals surface area contributed by atoms with Crippen molar-refractivity contribution in [2.24, 2.45) is 5.41 Å². The van der Waals surface area contributed by atoms with Crippen molar-refractivity contribution in [3.8, 4) is 5.75 Å². The number of nitrogens with one attached hydrogen (secondary N) is 1. The maximum atomic E-state index is 13.2. The highest BCUT2D eigenvalue weighted by Crippen LogP contribution is 2.51. The number of hydrogen-bond donors (Lipinski definition) is 1. The molecule has 1 amide bonds. The van der Waals surface area contributed by atoms with Crippen LogP contribution in [0.25, 0.3) is 0 Å². The second-order valence-corrected chi connectivity index (χ2v) is 6.75. The van der Waals surface area contributed by atoms with Crippen LogP contribution >= 0.6 is 0 Å². The molecule has 1 N–H and O–H groups in total. The van der Waals surface area contributed by atoms with E-state index in [4.69, 9.17) is 4.74 Å². The number of carbonyl (C=O) groups is 1. The lowest BCUT2D eigenvalue weighted by molar-refractivity contribution is -0.139. The Labute approximate surface area is 132 Å². The number of para-hydroxylation sites is 1. The maximum absolute atomic E-state index is 13.2. The summed E-state index contributed by atoms with van der Waals surface area (Å²) in [6.07, 6.45) is 1.83. The van der Waals surface area contributed by atoms with Gasteiger partial charge in [0.15, 0.2) is 0 Å². The normalized spacial score (nSPS) is 24.3. The Morgan fingerprint density at radius 1 is 1.27 bits per heavy atom. The zero-order chi connectivity index (χ0) is 15.7. The van der Waals surface area contributed by atoms with Gasteiger partial charge < -0.3 is 15.0 Å². The van der Waals surface area contributed by atoms with Gasteiger partial charge in [-0.05, 0) is 45.8 Å².